The van der Waals surface area contributed by atoms with E-state index in [1.54, 1.807) is 0 Å². The predicted molar refractivity (Wildman–Crippen MR) is 47.6 cm³/mol. The topological polar surface area (TPSA) is 82.3 Å². The monoisotopic (exact) mass is 196 g/mol. The molecule has 0 radical (unpaired) electrons. The third-order valence-electron chi connectivity index (χ3n) is 0.760. The Labute approximate surface area is 68.8 Å². The first-order valence-electron chi connectivity index (χ1n) is 2.69. The van der Waals surface area contributed by atoms with Gasteiger partial charge in [-0.3, -0.25) is 0 Å². The smallest absolute Gasteiger partial charge is 0.319 e. The quantitative estimate of drug-likeness (QED) is 0.341. The molecule has 4 N–H and O–H groups in total. The predicted octanol–water partition coefficient (Wildman–Crippen LogP) is -0.878. The summed E-state index contributed by atoms with van der Waals surface area (Å²) in [7, 11) is 4.06. The minimum absolute atomic E-state index is 0.0838. The Kier molecular flexibility index (Phi) is 5.80. The van der Waals surface area contributed by atoms with Crippen molar-refractivity contribution in [1.29, 1.82) is 0 Å². The standard InChI is InChI=1S/C3H10N4O2P2/c8-2(6-10)4-1-5-3(9)7-11/h1,10-11H2,(H2,4,6,8)(H2,5,7,9). The molecule has 0 heterocycles. The SMILES string of the molecule is O=C(NP)NCNC(=O)NP. The molecule has 0 saturated carbocycles. The van der Waals surface area contributed by atoms with E-state index in [1.165, 1.54) is 0 Å². The highest BCUT2D eigenvalue weighted by atomic mass is 31.0. The summed E-state index contributed by atoms with van der Waals surface area (Å²) in [6, 6.07) is -0.752. The first-order chi connectivity index (χ1) is 5.20. The van der Waals surface area contributed by atoms with Crippen LogP contribution < -0.4 is 20.8 Å². The highest BCUT2D eigenvalue weighted by Crippen LogP contribution is 1.71. The lowest BCUT2D eigenvalue weighted by Crippen LogP contribution is -2.41. The average molecular weight is 196 g/mol. The molecule has 0 spiro atoms. The molecule has 0 fully saturated rings. The fourth-order valence-corrected chi connectivity index (χ4v) is 0.511. The number of rotatable bonds is 2. The van der Waals surface area contributed by atoms with Crippen molar-refractivity contribution in [2.24, 2.45) is 0 Å². The first kappa shape index (κ1) is 10.4. The molecule has 64 valence electrons. The highest BCUT2D eigenvalue weighted by molar-refractivity contribution is 7.15. The van der Waals surface area contributed by atoms with Gasteiger partial charge in [-0.15, -0.1) is 0 Å². The Hall–Kier alpha value is -0.600. The molecule has 0 aromatic carbocycles. The van der Waals surface area contributed by atoms with Gasteiger partial charge in [-0.05, 0) is 18.8 Å². The molecule has 0 aromatic rings. The van der Waals surface area contributed by atoms with E-state index in [0.29, 0.717) is 0 Å². The number of hydrogen-bond donors (Lipinski definition) is 4. The van der Waals surface area contributed by atoms with Gasteiger partial charge in [0, 0.05) is 0 Å². The van der Waals surface area contributed by atoms with Gasteiger partial charge in [-0.2, -0.15) is 0 Å². The minimum atomic E-state index is -0.376. The molecular weight excluding hydrogens is 186 g/mol. The molecule has 0 saturated heterocycles. The van der Waals surface area contributed by atoms with E-state index in [2.05, 4.69) is 20.8 Å². The van der Waals surface area contributed by atoms with Crippen LogP contribution in [0.5, 0.6) is 0 Å². The van der Waals surface area contributed by atoms with E-state index >= 15 is 0 Å². The van der Waals surface area contributed by atoms with Crippen LogP contribution in [0.4, 0.5) is 9.59 Å². The van der Waals surface area contributed by atoms with Crippen LogP contribution in [0.1, 0.15) is 0 Å². The molecule has 11 heavy (non-hydrogen) atoms. The zero-order valence-corrected chi connectivity index (χ0v) is 7.99. The molecule has 6 nitrogen and oxygen atoms in total. The van der Waals surface area contributed by atoms with Crippen LogP contribution in [0.15, 0.2) is 0 Å². The Balaban J connectivity index is 3.27. The number of carbonyl (C=O) groups is 2. The molecule has 0 aliphatic heterocycles. The minimum Gasteiger partial charge on any atom is -0.323 e. The number of hydrogen-bond acceptors (Lipinski definition) is 2. The Morgan fingerprint density at radius 3 is 1.64 bits per heavy atom. The summed E-state index contributed by atoms with van der Waals surface area (Å²) in [6.07, 6.45) is 0. The molecule has 2 unspecified atom stereocenters. The molecule has 0 aliphatic rings. The van der Waals surface area contributed by atoms with Gasteiger partial charge < -0.3 is 20.8 Å². The van der Waals surface area contributed by atoms with E-state index < -0.39 is 0 Å². The van der Waals surface area contributed by atoms with Crippen LogP contribution in [-0.4, -0.2) is 18.7 Å². The zero-order chi connectivity index (χ0) is 8.69. The van der Waals surface area contributed by atoms with Crippen LogP contribution >= 0.6 is 18.8 Å². The third kappa shape index (κ3) is 5.83. The summed E-state index contributed by atoms with van der Waals surface area (Å²) >= 11 is 0. The highest BCUT2D eigenvalue weighted by Gasteiger charge is 1.96. The second kappa shape index (κ2) is 6.13. The fourth-order valence-electron chi connectivity index (χ4n) is 0.307. The molecule has 0 aliphatic carbocycles. The maximum Gasteiger partial charge on any atom is 0.319 e. The molecular formula is C3H10N4O2P2. The van der Waals surface area contributed by atoms with Crippen molar-refractivity contribution >= 4 is 30.8 Å². The lowest BCUT2D eigenvalue weighted by atomic mass is 10.9. The van der Waals surface area contributed by atoms with Gasteiger partial charge in [-0.25, -0.2) is 9.59 Å². The fraction of sp³-hybridized carbons (Fsp3) is 0.333. The van der Waals surface area contributed by atoms with Crippen molar-refractivity contribution < 1.29 is 9.59 Å². The summed E-state index contributed by atoms with van der Waals surface area (Å²) in [4.78, 5) is 20.9. The van der Waals surface area contributed by atoms with E-state index in [9.17, 15) is 9.59 Å². The van der Waals surface area contributed by atoms with Gasteiger partial charge in [-0.1, -0.05) is 0 Å². The number of carbonyl (C=O) groups excluding carboxylic acids is 2. The number of urea groups is 2. The third-order valence-corrected chi connectivity index (χ3v) is 1.28. The number of nitrogens with one attached hydrogen (secondary N) is 4. The second-order valence-corrected chi connectivity index (χ2v) is 2.05. The Bertz CT molecular complexity index is 136. The maximum absolute atomic E-state index is 10.5. The average Bonchev–Trinajstić information content (AvgIpc) is 2.04. The van der Waals surface area contributed by atoms with Gasteiger partial charge in [0.15, 0.2) is 0 Å². The lowest BCUT2D eigenvalue weighted by Gasteiger charge is -2.04. The summed E-state index contributed by atoms with van der Waals surface area (Å²) in [5.74, 6) is 0. The van der Waals surface area contributed by atoms with Crippen molar-refractivity contribution in [3.8, 4) is 0 Å². The van der Waals surface area contributed by atoms with Crippen molar-refractivity contribution in [3.63, 3.8) is 0 Å². The van der Waals surface area contributed by atoms with Gasteiger partial charge in [0.2, 0.25) is 0 Å². The van der Waals surface area contributed by atoms with Crippen LogP contribution in [0.2, 0.25) is 0 Å². The van der Waals surface area contributed by atoms with Gasteiger partial charge >= 0.3 is 12.1 Å². The summed E-state index contributed by atoms with van der Waals surface area (Å²) in [5, 5.41) is 9.18. The van der Waals surface area contributed by atoms with Gasteiger partial charge in [0.1, 0.15) is 0 Å². The molecule has 4 amide bonds. The van der Waals surface area contributed by atoms with E-state index in [1.807, 2.05) is 18.8 Å². The van der Waals surface area contributed by atoms with E-state index in [-0.39, 0.29) is 18.7 Å². The lowest BCUT2D eigenvalue weighted by molar-refractivity contribution is 0.240. The van der Waals surface area contributed by atoms with Gasteiger partial charge in [0.25, 0.3) is 0 Å². The summed E-state index contributed by atoms with van der Waals surface area (Å²) in [5.41, 5.74) is 0. The summed E-state index contributed by atoms with van der Waals surface area (Å²) < 4.78 is 0. The summed E-state index contributed by atoms with van der Waals surface area (Å²) in [6.45, 7) is 0.0838. The molecule has 0 rings (SSSR count). The molecule has 8 heteroatoms. The van der Waals surface area contributed by atoms with Crippen LogP contribution in [0, 0.1) is 0 Å². The molecule has 0 bridgehead atoms. The molecule has 0 aromatic heterocycles. The van der Waals surface area contributed by atoms with E-state index in [4.69, 9.17) is 0 Å². The first-order valence-corrected chi connectivity index (χ1v) is 3.85. The Morgan fingerprint density at radius 1 is 1.00 bits per heavy atom. The van der Waals surface area contributed by atoms with Crippen molar-refractivity contribution in [2.45, 2.75) is 0 Å². The maximum atomic E-state index is 10.5. The zero-order valence-electron chi connectivity index (χ0n) is 5.68. The van der Waals surface area contributed by atoms with Crippen molar-refractivity contribution in [1.82, 2.24) is 20.8 Å². The molecule has 2 atom stereocenters. The Morgan fingerprint density at radius 2 is 1.36 bits per heavy atom. The van der Waals surface area contributed by atoms with E-state index in [0.717, 1.165) is 0 Å². The normalized spacial score (nSPS) is 8.18. The van der Waals surface area contributed by atoms with Crippen LogP contribution in [0.3, 0.4) is 0 Å². The van der Waals surface area contributed by atoms with Crippen LogP contribution in [-0.2, 0) is 0 Å². The number of amides is 4. The van der Waals surface area contributed by atoms with Crippen molar-refractivity contribution in [3.05, 3.63) is 0 Å². The second-order valence-electron chi connectivity index (χ2n) is 1.48. The van der Waals surface area contributed by atoms with Crippen molar-refractivity contribution in [2.75, 3.05) is 6.67 Å². The van der Waals surface area contributed by atoms with Crippen LogP contribution in [0.25, 0.3) is 0 Å². The largest absolute Gasteiger partial charge is 0.323 e. The van der Waals surface area contributed by atoms with Gasteiger partial charge in [0.05, 0.1) is 6.67 Å².